The highest BCUT2D eigenvalue weighted by atomic mass is 79.9. The van der Waals surface area contributed by atoms with Crippen LogP contribution in [-0.2, 0) is 19.6 Å². The van der Waals surface area contributed by atoms with Gasteiger partial charge in [-0.3, -0.25) is 4.79 Å². The molecule has 0 aliphatic heterocycles. The molecule has 2 aromatic rings. The van der Waals surface area contributed by atoms with Gasteiger partial charge in [-0.1, -0.05) is 45.8 Å². The van der Waals surface area contributed by atoms with Crippen LogP contribution in [0.3, 0.4) is 0 Å². The summed E-state index contributed by atoms with van der Waals surface area (Å²) in [7, 11) is -2.54. The number of carbonyl (C=O) groups excluding carboxylic acids is 1. The zero-order valence-electron chi connectivity index (χ0n) is 15.1. The number of rotatable bonds is 6. The molecule has 140 valence electrons. The summed E-state index contributed by atoms with van der Waals surface area (Å²) in [5.41, 5.74) is 0.517. The number of sulfonamides is 1. The zero-order valence-corrected chi connectivity index (χ0v) is 17.5. The van der Waals surface area contributed by atoms with Gasteiger partial charge in [0.15, 0.2) is 0 Å². The number of hydrogen-bond acceptors (Lipinski definition) is 4. The standard InChI is InChI=1S/C19H22BrNO4S/c1-13-5-11-16(12-6-13)26(23,24)21-17(19(2,3)18(22)25-4)14-7-9-15(20)10-8-14/h5-12,17,21H,1-4H3. The van der Waals surface area contributed by atoms with Gasteiger partial charge in [0.2, 0.25) is 10.0 Å². The van der Waals surface area contributed by atoms with Gasteiger partial charge in [-0.15, -0.1) is 0 Å². The van der Waals surface area contributed by atoms with E-state index in [1.165, 1.54) is 7.11 Å². The Morgan fingerprint density at radius 2 is 1.62 bits per heavy atom. The molecular weight excluding hydrogens is 418 g/mol. The quantitative estimate of drug-likeness (QED) is 0.690. The number of aryl methyl sites for hydroxylation is 1. The fraction of sp³-hybridized carbons (Fsp3) is 0.316. The molecule has 0 fully saturated rings. The maximum absolute atomic E-state index is 12.9. The number of methoxy groups -OCH3 is 1. The van der Waals surface area contributed by atoms with Crippen LogP contribution in [0.5, 0.6) is 0 Å². The van der Waals surface area contributed by atoms with E-state index < -0.39 is 27.4 Å². The molecule has 0 amide bonds. The molecule has 5 nitrogen and oxygen atoms in total. The van der Waals surface area contributed by atoms with Crippen LogP contribution < -0.4 is 4.72 Å². The Labute approximate surface area is 162 Å². The van der Waals surface area contributed by atoms with Crippen LogP contribution in [0.1, 0.15) is 31.0 Å². The Balaban J connectivity index is 2.48. The largest absolute Gasteiger partial charge is 0.469 e. The van der Waals surface area contributed by atoms with Gasteiger partial charge in [-0.25, -0.2) is 13.1 Å². The minimum atomic E-state index is -3.83. The Morgan fingerprint density at radius 1 is 1.08 bits per heavy atom. The number of halogens is 1. The molecule has 0 spiro atoms. The molecule has 0 heterocycles. The molecule has 1 atom stereocenters. The van der Waals surface area contributed by atoms with Crippen LogP contribution in [0.15, 0.2) is 57.9 Å². The first-order valence-electron chi connectivity index (χ1n) is 8.01. The van der Waals surface area contributed by atoms with Crippen molar-refractivity contribution in [1.82, 2.24) is 4.72 Å². The lowest BCUT2D eigenvalue weighted by Gasteiger charge is -2.32. The van der Waals surface area contributed by atoms with Crippen molar-refractivity contribution in [2.75, 3.05) is 7.11 Å². The molecule has 7 heteroatoms. The summed E-state index contributed by atoms with van der Waals surface area (Å²) < 4.78 is 34.2. The van der Waals surface area contributed by atoms with Crippen molar-refractivity contribution < 1.29 is 17.9 Å². The zero-order chi connectivity index (χ0) is 19.5. The van der Waals surface area contributed by atoms with Crippen LogP contribution in [0.4, 0.5) is 0 Å². The van der Waals surface area contributed by atoms with Crippen molar-refractivity contribution in [1.29, 1.82) is 0 Å². The highest BCUT2D eigenvalue weighted by Crippen LogP contribution is 2.36. The van der Waals surface area contributed by atoms with Gasteiger partial charge in [0.05, 0.1) is 23.5 Å². The Kier molecular flexibility index (Phi) is 6.26. The predicted molar refractivity (Wildman–Crippen MR) is 104 cm³/mol. The number of nitrogens with one attached hydrogen (secondary N) is 1. The van der Waals surface area contributed by atoms with Crippen molar-refractivity contribution in [3.05, 3.63) is 64.1 Å². The highest BCUT2D eigenvalue weighted by molar-refractivity contribution is 9.10. The Hall–Kier alpha value is -1.70. The van der Waals surface area contributed by atoms with E-state index >= 15 is 0 Å². The van der Waals surface area contributed by atoms with Gasteiger partial charge in [0, 0.05) is 4.47 Å². The first kappa shape index (κ1) is 20.6. The lowest BCUT2D eigenvalue weighted by atomic mass is 9.81. The predicted octanol–water partition coefficient (Wildman–Crippen LogP) is 3.98. The van der Waals surface area contributed by atoms with Gasteiger partial charge in [-0.05, 0) is 50.6 Å². The molecule has 0 saturated carbocycles. The maximum Gasteiger partial charge on any atom is 0.313 e. The third kappa shape index (κ3) is 4.52. The average Bonchev–Trinajstić information content (AvgIpc) is 2.60. The van der Waals surface area contributed by atoms with Crippen LogP contribution in [-0.4, -0.2) is 21.5 Å². The molecular formula is C19H22BrNO4S. The summed E-state index contributed by atoms with van der Waals surface area (Å²) in [5, 5.41) is 0. The monoisotopic (exact) mass is 439 g/mol. The van der Waals surface area contributed by atoms with Crippen molar-refractivity contribution in [2.45, 2.75) is 31.7 Å². The molecule has 0 aliphatic rings. The molecule has 2 rings (SSSR count). The summed E-state index contributed by atoms with van der Waals surface area (Å²) in [4.78, 5) is 12.5. The van der Waals surface area contributed by atoms with Gasteiger partial charge in [0.25, 0.3) is 0 Å². The first-order chi connectivity index (χ1) is 12.1. The molecule has 2 aromatic carbocycles. The molecule has 0 aromatic heterocycles. The van der Waals surface area contributed by atoms with Crippen LogP contribution in [0.25, 0.3) is 0 Å². The SMILES string of the molecule is COC(=O)C(C)(C)C(NS(=O)(=O)c1ccc(C)cc1)c1ccc(Br)cc1. The molecule has 1 unspecified atom stereocenters. The minimum Gasteiger partial charge on any atom is -0.469 e. The second-order valence-corrected chi connectivity index (χ2v) is 9.26. The first-order valence-corrected chi connectivity index (χ1v) is 10.3. The summed E-state index contributed by atoms with van der Waals surface area (Å²) in [6, 6.07) is 12.9. The van der Waals surface area contributed by atoms with E-state index in [2.05, 4.69) is 20.7 Å². The van der Waals surface area contributed by atoms with Crippen LogP contribution in [0.2, 0.25) is 0 Å². The van der Waals surface area contributed by atoms with E-state index in [0.717, 1.165) is 10.0 Å². The van der Waals surface area contributed by atoms with Gasteiger partial charge >= 0.3 is 5.97 Å². The Bertz CT molecular complexity index is 875. The van der Waals surface area contributed by atoms with E-state index in [4.69, 9.17) is 4.74 Å². The number of benzene rings is 2. The van der Waals surface area contributed by atoms with E-state index in [-0.39, 0.29) is 4.90 Å². The molecule has 1 N–H and O–H groups in total. The second-order valence-electron chi connectivity index (χ2n) is 6.63. The van der Waals surface area contributed by atoms with Crippen LogP contribution >= 0.6 is 15.9 Å². The number of ether oxygens (including phenoxy) is 1. The number of hydrogen-bond donors (Lipinski definition) is 1. The highest BCUT2D eigenvalue weighted by Gasteiger charge is 2.41. The van der Waals surface area contributed by atoms with Crippen molar-refractivity contribution >= 4 is 31.9 Å². The van der Waals surface area contributed by atoms with E-state index in [1.54, 1.807) is 62.4 Å². The fourth-order valence-corrected chi connectivity index (χ4v) is 4.24. The lowest BCUT2D eigenvalue weighted by Crippen LogP contribution is -2.43. The van der Waals surface area contributed by atoms with E-state index in [0.29, 0.717) is 5.56 Å². The smallest absolute Gasteiger partial charge is 0.313 e. The summed E-state index contributed by atoms with van der Waals surface area (Å²) in [5.74, 6) is -0.503. The number of carbonyl (C=O) groups is 1. The van der Waals surface area contributed by atoms with Gasteiger partial charge in [0.1, 0.15) is 0 Å². The molecule has 0 saturated heterocycles. The molecule has 0 radical (unpaired) electrons. The molecule has 26 heavy (non-hydrogen) atoms. The molecule has 0 bridgehead atoms. The number of esters is 1. The van der Waals surface area contributed by atoms with Crippen LogP contribution in [0, 0.1) is 12.3 Å². The lowest BCUT2D eigenvalue weighted by molar-refractivity contribution is -0.152. The summed E-state index contributed by atoms with van der Waals surface area (Å²) >= 11 is 3.36. The van der Waals surface area contributed by atoms with Gasteiger partial charge in [-0.2, -0.15) is 0 Å². The third-order valence-corrected chi connectivity index (χ3v) is 6.21. The van der Waals surface area contributed by atoms with E-state index in [9.17, 15) is 13.2 Å². The normalized spacial score (nSPS) is 13.3. The van der Waals surface area contributed by atoms with Crippen molar-refractivity contribution in [3.63, 3.8) is 0 Å². The maximum atomic E-state index is 12.9. The topological polar surface area (TPSA) is 72.5 Å². The van der Waals surface area contributed by atoms with Crippen molar-refractivity contribution in [2.24, 2.45) is 5.41 Å². The summed E-state index contributed by atoms with van der Waals surface area (Å²) in [6.45, 7) is 5.20. The Morgan fingerprint density at radius 3 is 2.12 bits per heavy atom. The summed E-state index contributed by atoms with van der Waals surface area (Å²) in [6.07, 6.45) is 0. The van der Waals surface area contributed by atoms with Crippen molar-refractivity contribution in [3.8, 4) is 0 Å². The third-order valence-electron chi connectivity index (χ3n) is 4.24. The average molecular weight is 440 g/mol. The second kappa shape index (κ2) is 7.90. The van der Waals surface area contributed by atoms with Gasteiger partial charge < -0.3 is 4.74 Å². The fourth-order valence-electron chi connectivity index (χ4n) is 2.61. The minimum absolute atomic E-state index is 0.144. The molecule has 0 aliphatic carbocycles. The van der Waals surface area contributed by atoms with E-state index in [1.807, 2.05) is 6.92 Å².